The van der Waals surface area contributed by atoms with Gasteiger partial charge in [0.2, 0.25) is 0 Å². The van der Waals surface area contributed by atoms with E-state index in [9.17, 15) is 14.3 Å². The molecule has 3 aromatic carbocycles. The van der Waals surface area contributed by atoms with Gasteiger partial charge in [0.25, 0.3) is 0 Å². The summed E-state index contributed by atoms with van der Waals surface area (Å²) in [6.45, 7) is 0.418. The zero-order valence-electron chi connectivity index (χ0n) is 16.2. The molecule has 5 heteroatoms. The molecule has 0 radical (unpaired) electrons. The van der Waals surface area contributed by atoms with Crippen LogP contribution in [0.25, 0.3) is 11.1 Å². The number of carbonyl (C=O) groups is 1. The highest BCUT2D eigenvalue weighted by Crippen LogP contribution is 2.44. The van der Waals surface area contributed by atoms with Crippen LogP contribution in [-0.2, 0) is 6.61 Å². The van der Waals surface area contributed by atoms with Gasteiger partial charge < -0.3 is 9.84 Å². The summed E-state index contributed by atoms with van der Waals surface area (Å²) in [4.78, 5) is 11.4. The molecule has 0 saturated heterocycles. The minimum absolute atomic E-state index is 0.0598. The number of carboxylic acid groups (broad SMARTS) is 1. The minimum Gasteiger partial charge on any atom is -0.488 e. The van der Waals surface area contributed by atoms with Crippen molar-refractivity contribution in [2.45, 2.75) is 25.9 Å². The van der Waals surface area contributed by atoms with Gasteiger partial charge in [-0.3, -0.25) is 0 Å². The monoisotopic (exact) mass is 422 g/mol. The van der Waals surface area contributed by atoms with Crippen LogP contribution < -0.4 is 4.74 Å². The van der Waals surface area contributed by atoms with E-state index >= 15 is 0 Å². The van der Waals surface area contributed by atoms with Crippen LogP contribution in [0.2, 0.25) is 5.02 Å². The number of ether oxygens (including phenoxy) is 1. The molecule has 0 aromatic heterocycles. The summed E-state index contributed by atoms with van der Waals surface area (Å²) in [7, 11) is 0. The summed E-state index contributed by atoms with van der Waals surface area (Å²) in [5.41, 5.74) is 4.40. The van der Waals surface area contributed by atoms with E-state index in [-0.39, 0.29) is 5.56 Å². The predicted octanol–water partition coefficient (Wildman–Crippen LogP) is 6.85. The summed E-state index contributed by atoms with van der Waals surface area (Å²) in [5, 5.41) is 9.88. The lowest BCUT2D eigenvalue weighted by Crippen LogP contribution is -2.00. The second-order valence-electron chi connectivity index (χ2n) is 7.26. The van der Waals surface area contributed by atoms with E-state index in [2.05, 4.69) is 0 Å². The van der Waals surface area contributed by atoms with Crippen LogP contribution in [0.5, 0.6) is 5.75 Å². The molecular weight excluding hydrogens is 403 g/mol. The van der Waals surface area contributed by atoms with Gasteiger partial charge in [-0.1, -0.05) is 41.9 Å². The molecule has 1 N–H and O–H groups in total. The molecule has 30 heavy (non-hydrogen) atoms. The highest BCUT2D eigenvalue weighted by Gasteiger charge is 2.22. The average Bonchev–Trinajstić information content (AvgIpc) is 3.23. The Balaban J connectivity index is 1.75. The molecule has 0 unspecified atom stereocenters. The summed E-state index contributed by atoms with van der Waals surface area (Å²) in [6, 6.07) is 19.3. The van der Waals surface area contributed by atoms with Crippen molar-refractivity contribution < 1.29 is 19.0 Å². The maximum Gasteiger partial charge on any atom is 0.335 e. The fraction of sp³-hybridized carbons (Fsp3) is 0.160. The molecule has 3 aromatic rings. The number of hydrogen-bond acceptors (Lipinski definition) is 2. The van der Waals surface area contributed by atoms with Crippen LogP contribution >= 0.6 is 11.6 Å². The number of aromatic carboxylic acids is 1. The molecule has 0 atom stereocenters. The Morgan fingerprint density at radius 3 is 2.53 bits per heavy atom. The third-order valence-corrected chi connectivity index (χ3v) is 5.45. The van der Waals surface area contributed by atoms with Crippen molar-refractivity contribution in [3.05, 3.63) is 99.8 Å². The van der Waals surface area contributed by atoms with Crippen molar-refractivity contribution in [2.75, 3.05) is 0 Å². The molecule has 152 valence electrons. The molecule has 0 saturated carbocycles. The molecule has 0 bridgehead atoms. The van der Waals surface area contributed by atoms with Crippen molar-refractivity contribution >= 4 is 28.7 Å². The highest BCUT2D eigenvalue weighted by molar-refractivity contribution is 6.30. The van der Waals surface area contributed by atoms with E-state index < -0.39 is 11.8 Å². The number of hydrogen-bond donors (Lipinski definition) is 1. The molecule has 0 aliphatic heterocycles. The Hall–Kier alpha value is -3.11. The van der Waals surface area contributed by atoms with E-state index in [1.807, 2.05) is 42.5 Å². The zero-order valence-corrected chi connectivity index (χ0v) is 17.0. The van der Waals surface area contributed by atoms with Crippen molar-refractivity contribution in [1.82, 2.24) is 0 Å². The minimum atomic E-state index is -1.15. The van der Waals surface area contributed by atoms with Crippen molar-refractivity contribution in [2.24, 2.45) is 0 Å². The quantitative estimate of drug-likeness (QED) is 0.472. The summed E-state index contributed by atoms with van der Waals surface area (Å²) in [5.74, 6) is -1.01. The Morgan fingerprint density at radius 2 is 1.77 bits per heavy atom. The predicted molar refractivity (Wildman–Crippen MR) is 116 cm³/mol. The maximum absolute atomic E-state index is 14.1. The topological polar surface area (TPSA) is 46.5 Å². The van der Waals surface area contributed by atoms with Gasteiger partial charge in [-0.2, -0.15) is 0 Å². The normalized spacial score (nSPS) is 13.5. The van der Waals surface area contributed by atoms with Gasteiger partial charge in [0, 0.05) is 10.6 Å². The van der Waals surface area contributed by atoms with E-state index in [4.69, 9.17) is 16.3 Å². The van der Waals surface area contributed by atoms with Gasteiger partial charge in [0.15, 0.2) is 0 Å². The number of halogens is 2. The van der Waals surface area contributed by atoms with Crippen LogP contribution in [0.3, 0.4) is 0 Å². The first-order chi connectivity index (χ1) is 14.5. The largest absolute Gasteiger partial charge is 0.488 e. The molecular formula is C25H20ClFO3. The Labute approximate surface area is 179 Å². The van der Waals surface area contributed by atoms with Crippen molar-refractivity contribution in [3.8, 4) is 5.75 Å². The van der Waals surface area contributed by atoms with Gasteiger partial charge in [-0.25, -0.2) is 9.18 Å². The fourth-order valence-corrected chi connectivity index (χ4v) is 4.02. The van der Waals surface area contributed by atoms with Gasteiger partial charge in [-0.05, 0) is 77.9 Å². The van der Waals surface area contributed by atoms with Crippen LogP contribution in [0.4, 0.5) is 4.39 Å². The van der Waals surface area contributed by atoms with Gasteiger partial charge in [0.05, 0.1) is 5.56 Å². The van der Waals surface area contributed by atoms with Crippen LogP contribution in [-0.4, -0.2) is 11.1 Å². The molecule has 1 aliphatic rings. The third kappa shape index (κ3) is 4.39. The zero-order chi connectivity index (χ0) is 21.1. The molecule has 4 rings (SSSR count). The maximum atomic E-state index is 14.1. The van der Waals surface area contributed by atoms with Gasteiger partial charge >= 0.3 is 5.97 Å². The Bertz CT molecular complexity index is 1120. The molecule has 0 spiro atoms. The first kappa shape index (κ1) is 20.2. The van der Waals surface area contributed by atoms with Crippen molar-refractivity contribution in [1.29, 1.82) is 0 Å². The molecule has 0 amide bonds. The van der Waals surface area contributed by atoms with E-state index in [1.54, 1.807) is 6.07 Å². The molecule has 0 fully saturated rings. The summed E-state index contributed by atoms with van der Waals surface area (Å²) < 4.78 is 20.2. The number of carboxylic acids is 1. The first-order valence-corrected chi connectivity index (χ1v) is 10.1. The standard InChI is InChI=1S/C25H20ClFO3/c26-19-9-10-24(30-15-16-5-2-1-3-6-16)23(14-19)22-8-4-7-21(22)17-11-18(25(28)29)13-20(27)12-17/h1-3,5-6,9-14H,4,7-8,15H2,(H,28,29). The summed E-state index contributed by atoms with van der Waals surface area (Å²) >= 11 is 6.28. The second kappa shape index (κ2) is 8.72. The lowest BCUT2D eigenvalue weighted by Gasteiger charge is -2.15. The lowest BCUT2D eigenvalue weighted by atomic mass is 9.95. The highest BCUT2D eigenvalue weighted by atomic mass is 35.5. The average molecular weight is 423 g/mol. The lowest BCUT2D eigenvalue weighted by molar-refractivity contribution is 0.0696. The van der Waals surface area contributed by atoms with E-state index in [0.29, 0.717) is 22.9 Å². The van der Waals surface area contributed by atoms with Crippen LogP contribution in [0.1, 0.15) is 46.3 Å². The fourth-order valence-electron chi connectivity index (χ4n) is 3.85. The van der Waals surface area contributed by atoms with Crippen LogP contribution in [0.15, 0.2) is 66.7 Å². The molecule has 3 nitrogen and oxygen atoms in total. The number of rotatable bonds is 6. The van der Waals surface area contributed by atoms with E-state index in [1.165, 1.54) is 12.1 Å². The third-order valence-electron chi connectivity index (χ3n) is 5.21. The van der Waals surface area contributed by atoms with Gasteiger partial charge in [-0.15, -0.1) is 0 Å². The van der Waals surface area contributed by atoms with Crippen molar-refractivity contribution in [3.63, 3.8) is 0 Å². The number of benzene rings is 3. The number of allylic oxidation sites excluding steroid dienone is 2. The van der Waals surface area contributed by atoms with Crippen LogP contribution in [0, 0.1) is 5.82 Å². The SMILES string of the molecule is O=C(O)c1cc(F)cc(C2=C(c3cc(Cl)ccc3OCc3ccccc3)CCC2)c1. The van der Waals surface area contributed by atoms with E-state index in [0.717, 1.165) is 47.6 Å². The Kier molecular flexibility index (Phi) is 5.86. The summed E-state index contributed by atoms with van der Waals surface area (Å²) in [6.07, 6.45) is 2.42. The van der Waals surface area contributed by atoms with Gasteiger partial charge in [0.1, 0.15) is 18.2 Å². The Morgan fingerprint density at radius 1 is 1.00 bits per heavy atom. The molecule has 0 heterocycles. The molecule has 1 aliphatic carbocycles. The second-order valence-corrected chi connectivity index (χ2v) is 7.70. The smallest absolute Gasteiger partial charge is 0.335 e. The first-order valence-electron chi connectivity index (χ1n) is 9.74.